The highest BCUT2D eigenvalue weighted by Gasteiger charge is 2.42. The van der Waals surface area contributed by atoms with Gasteiger partial charge in [-0.25, -0.2) is 9.97 Å². The minimum Gasteiger partial charge on any atom is -0.494 e. The molecule has 1 saturated heterocycles. The van der Waals surface area contributed by atoms with Gasteiger partial charge in [-0.15, -0.1) is 12.4 Å². The maximum absolute atomic E-state index is 13.9. The first-order valence-electron chi connectivity index (χ1n) is 15.5. The standard InChI is InChI=1S/C34H41N7O6.ClH/c1-18-13-26(42)21-11-10-20(14-27(21)47-18)38-30-22-15-24(28(46-7)16-23(22)36-17-37-30)39-32(44)25-9-8-12-41(25)33(45)29(34(3,4)5)40-31(43)19(2)35-6;/h10-11,13-17,19,25,29,35H,8-9,12H2,1-7H3,(H,39,44)(H,40,43)(H,36,37,38);1H/t19-,25-,29+;/m0./s1. The van der Waals surface area contributed by atoms with Crippen LogP contribution in [0.25, 0.3) is 21.9 Å². The van der Waals surface area contributed by atoms with Gasteiger partial charge in [-0.3, -0.25) is 19.2 Å². The summed E-state index contributed by atoms with van der Waals surface area (Å²) in [7, 11) is 3.17. The summed E-state index contributed by atoms with van der Waals surface area (Å²) < 4.78 is 11.4. The number of fused-ring (bicyclic) bond motifs is 2. The highest BCUT2D eigenvalue weighted by atomic mass is 35.5. The molecule has 0 saturated carbocycles. The molecule has 0 bridgehead atoms. The number of anilines is 3. The number of amides is 3. The molecule has 14 heteroatoms. The number of aryl methyl sites for hydroxylation is 1. The smallest absolute Gasteiger partial charge is 0.247 e. The number of hydrogen-bond acceptors (Lipinski definition) is 10. The van der Waals surface area contributed by atoms with Crippen LogP contribution in [0.15, 0.2) is 51.9 Å². The van der Waals surface area contributed by atoms with E-state index in [1.54, 1.807) is 56.1 Å². The molecule has 1 aliphatic rings. The van der Waals surface area contributed by atoms with Crippen LogP contribution < -0.4 is 31.4 Å². The molecule has 48 heavy (non-hydrogen) atoms. The topological polar surface area (TPSA) is 168 Å². The second-order valence-corrected chi connectivity index (χ2v) is 12.8. The molecule has 0 aliphatic carbocycles. The Labute approximate surface area is 284 Å². The van der Waals surface area contributed by atoms with Gasteiger partial charge in [-0.1, -0.05) is 20.8 Å². The van der Waals surface area contributed by atoms with Crippen LogP contribution in [-0.4, -0.2) is 71.4 Å². The fourth-order valence-corrected chi connectivity index (χ4v) is 5.67. The Kier molecular flexibility index (Phi) is 11.0. The summed E-state index contributed by atoms with van der Waals surface area (Å²) in [6.07, 6.45) is 2.53. The van der Waals surface area contributed by atoms with Crippen LogP contribution in [-0.2, 0) is 14.4 Å². The van der Waals surface area contributed by atoms with E-state index in [2.05, 4.69) is 31.2 Å². The van der Waals surface area contributed by atoms with Crippen LogP contribution in [0.2, 0.25) is 0 Å². The van der Waals surface area contributed by atoms with Gasteiger partial charge in [0, 0.05) is 35.8 Å². The normalized spacial score (nSPS) is 15.8. The van der Waals surface area contributed by atoms with E-state index in [1.165, 1.54) is 19.5 Å². The molecule has 2 aromatic heterocycles. The second kappa shape index (κ2) is 14.6. The zero-order valence-electron chi connectivity index (χ0n) is 28.1. The SMILES string of the molecule is CN[C@@H](C)C(=O)N[C@H](C(=O)N1CCC[C@H]1C(=O)Nc1cc2c(Nc3ccc4c(=O)cc(C)oc4c3)ncnc2cc1OC)C(C)(C)C.Cl. The van der Waals surface area contributed by atoms with Crippen LogP contribution >= 0.6 is 12.4 Å². The van der Waals surface area contributed by atoms with E-state index < -0.39 is 23.5 Å². The molecule has 256 valence electrons. The van der Waals surface area contributed by atoms with Gasteiger partial charge >= 0.3 is 0 Å². The van der Waals surface area contributed by atoms with Crippen LogP contribution in [0.5, 0.6) is 5.75 Å². The van der Waals surface area contributed by atoms with Crippen molar-refractivity contribution < 1.29 is 23.5 Å². The number of likely N-dealkylation sites (N-methyl/N-ethyl adjacent to an activating group) is 1. The van der Waals surface area contributed by atoms with Gasteiger partial charge in [0.15, 0.2) is 5.43 Å². The Hall–Kier alpha value is -4.75. The molecular formula is C34H42ClN7O6. The molecule has 4 aromatic rings. The third-order valence-electron chi connectivity index (χ3n) is 8.39. The Morgan fingerprint density at radius 1 is 1.08 bits per heavy atom. The van der Waals surface area contributed by atoms with Crippen LogP contribution in [0.4, 0.5) is 17.2 Å². The number of likely N-dealkylation sites (tertiary alicyclic amines) is 1. The molecule has 5 rings (SSSR count). The van der Waals surface area contributed by atoms with Crippen LogP contribution in [0, 0.1) is 12.3 Å². The van der Waals surface area contributed by atoms with E-state index >= 15 is 0 Å². The molecule has 1 aliphatic heterocycles. The zero-order chi connectivity index (χ0) is 34.0. The summed E-state index contributed by atoms with van der Waals surface area (Å²) >= 11 is 0. The lowest BCUT2D eigenvalue weighted by Gasteiger charge is -2.36. The van der Waals surface area contributed by atoms with Crippen molar-refractivity contribution in [3.8, 4) is 5.75 Å². The maximum Gasteiger partial charge on any atom is 0.247 e. The fraction of sp³-hybridized carbons (Fsp3) is 0.412. The monoisotopic (exact) mass is 679 g/mol. The zero-order valence-corrected chi connectivity index (χ0v) is 28.9. The average Bonchev–Trinajstić information content (AvgIpc) is 3.52. The van der Waals surface area contributed by atoms with Crippen molar-refractivity contribution >= 4 is 69.2 Å². The van der Waals surface area contributed by atoms with Crippen molar-refractivity contribution in [3.05, 3.63) is 58.7 Å². The number of nitrogens with one attached hydrogen (secondary N) is 4. The average molecular weight is 680 g/mol. The number of rotatable bonds is 9. The Bertz CT molecular complexity index is 1910. The molecule has 0 radical (unpaired) electrons. The van der Waals surface area contributed by atoms with Crippen molar-refractivity contribution in [1.29, 1.82) is 0 Å². The Balaban J connectivity index is 0.00000520. The predicted molar refractivity (Wildman–Crippen MR) is 187 cm³/mol. The van der Waals surface area contributed by atoms with E-state index in [9.17, 15) is 19.2 Å². The summed E-state index contributed by atoms with van der Waals surface area (Å²) in [6.45, 7) is 9.48. The van der Waals surface area contributed by atoms with Crippen molar-refractivity contribution in [3.63, 3.8) is 0 Å². The van der Waals surface area contributed by atoms with Crippen LogP contribution in [0.1, 0.15) is 46.3 Å². The molecule has 1 fully saturated rings. The highest BCUT2D eigenvalue weighted by Crippen LogP contribution is 2.34. The number of carbonyl (C=O) groups excluding carboxylic acids is 3. The van der Waals surface area contributed by atoms with Gasteiger partial charge in [0.1, 0.15) is 41.3 Å². The quantitative estimate of drug-likeness (QED) is 0.200. The number of aromatic nitrogens is 2. The number of hydrogen-bond donors (Lipinski definition) is 4. The summed E-state index contributed by atoms with van der Waals surface area (Å²) in [6, 6.07) is 7.98. The summed E-state index contributed by atoms with van der Waals surface area (Å²) in [4.78, 5) is 63.1. The van der Waals surface area contributed by atoms with Crippen molar-refractivity contribution in [1.82, 2.24) is 25.5 Å². The number of ether oxygens (including phenoxy) is 1. The third-order valence-corrected chi connectivity index (χ3v) is 8.39. The van der Waals surface area contributed by atoms with E-state index in [4.69, 9.17) is 9.15 Å². The first-order valence-corrected chi connectivity index (χ1v) is 15.5. The Morgan fingerprint density at radius 2 is 1.83 bits per heavy atom. The molecule has 3 heterocycles. The molecule has 4 N–H and O–H groups in total. The number of benzene rings is 2. The van der Waals surface area contributed by atoms with E-state index in [0.29, 0.717) is 70.0 Å². The fourth-order valence-electron chi connectivity index (χ4n) is 5.67. The molecule has 0 spiro atoms. The summed E-state index contributed by atoms with van der Waals surface area (Å²) in [5.41, 5.74) is 1.30. The van der Waals surface area contributed by atoms with Gasteiger partial charge in [-0.05, 0) is 57.4 Å². The van der Waals surface area contributed by atoms with Crippen molar-refractivity contribution in [2.75, 3.05) is 31.3 Å². The molecule has 0 unspecified atom stereocenters. The number of carbonyl (C=O) groups is 3. The first-order chi connectivity index (χ1) is 22.3. The lowest BCUT2D eigenvalue weighted by molar-refractivity contribution is -0.143. The van der Waals surface area contributed by atoms with E-state index in [1.807, 2.05) is 20.8 Å². The lowest BCUT2D eigenvalue weighted by Crippen LogP contribution is -2.59. The maximum atomic E-state index is 13.9. The van der Waals surface area contributed by atoms with E-state index in [0.717, 1.165) is 0 Å². The molecule has 3 amide bonds. The van der Waals surface area contributed by atoms with Crippen LogP contribution in [0.3, 0.4) is 0 Å². The van der Waals surface area contributed by atoms with E-state index in [-0.39, 0.29) is 35.6 Å². The molecule has 3 atom stereocenters. The Morgan fingerprint density at radius 3 is 2.52 bits per heavy atom. The van der Waals surface area contributed by atoms with Gasteiger partial charge < -0.3 is 35.3 Å². The second-order valence-electron chi connectivity index (χ2n) is 12.8. The van der Waals surface area contributed by atoms with Gasteiger partial charge in [0.05, 0.1) is 29.7 Å². The summed E-state index contributed by atoms with van der Waals surface area (Å²) in [5.74, 6) is 0.372. The van der Waals surface area contributed by atoms with Crippen molar-refractivity contribution in [2.24, 2.45) is 5.41 Å². The van der Waals surface area contributed by atoms with Gasteiger partial charge in [0.2, 0.25) is 17.7 Å². The lowest BCUT2D eigenvalue weighted by atomic mass is 9.85. The number of nitrogens with zero attached hydrogens (tertiary/aromatic N) is 3. The van der Waals surface area contributed by atoms with Gasteiger partial charge in [0.25, 0.3) is 0 Å². The molecular weight excluding hydrogens is 638 g/mol. The number of methoxy groups -OCH3 is 1. The predicted octanol–water partition coefficient (Wildman–Crippen LogP) is 4.29. The first kappa shape index (κ1) is 36.1. The van der Waals surface area contributed by atoms with Crippen molar-refractivity contribution in [2.45, 2.75) is 65.6 Å². The molecule has 2 aromatic carbocycles. The molecule has 13 nitrogen and oxygen atoms in total. The summed E-state index contributed by atoms with van der Waals surface area (Å²) in [5, 5.41) is 13.1. The van der Waals surface area contributed by atoms with Gasteiger partial charge in [-0.2, -0.15) is 0 Å². The minimum absolute atomic E-state index is 0. The highest BCUT2D eigenvalue weighted by molar-refractivity contribution is 6.03. The minimum atomic E-state index is -0.827. The third kappa shape index (κ3) is 7.52. The largest absolute Gasteiger partial charge is 0.494 e. The number of halogens is 1.